The molecule has 51 heavy (non-hydrogen) atoms. The number of hydrogen-bond acceptors (Lipinski definition) is 13. The van der Waals surface area contributed by atoms with E-state index < -0.39 is 65.2 Å². The summed E-state index contributed by atoms with van der Waals surface area (Å²) in [5, 5.41) is 2.65. The summed E-state index contributed by atoms with van der Waals surface area (Å²) in [5.41, 5.74) is -1.10. The van der Waals surface area contributed by atoms with Gasteiger partial charge in [0.05, 0.1) is 58.9 Å². The van der Waals surface area contributed by atoms with E-state index >= 15 is 0 Å². The molecule has 0 unspecified atom stereocenters. The van der Waals surface area contributed by atoms with Crippen LogP contribution in [0.4, 0.5) is 4.79 Å². The molecule has 2 rings (SSSR count). The smallest absolute Gasteiger partial charge is 0.407 e. The topological polar surface area (TPSA) is 163 Å². The summed E-state index contributed by atoms with van der Waals surface area (Å²) in [7, 11) is 0. The van der Waals surface area contributed by atoms with Crippen molar-refractivity contribution in [3.63, 3.8) is 0 Å². The molecule has 4 atom stereocenters. The van der Waals surface area contributed by atoms with Crippen LogP contribution in [0.25, 0.3) is 0 Å². The van der Waals surface area contributed by atoms with Crippen LogP contribution in [-0.4, -0.2) is 111 Å². The Balaban J connectivity index is 2.08. The molecule has 0 spiro atoms. The fraction of sp³-hybridized carbons (Fsp3) is 0.730. The lowest BCUT2D eigenvalue weighted by atomic mass is 9.99. The molecular formula is C37H59NO13. The van der Waals surface area contributed by atoms with Gasteiger partial charge >= 0.3 is 24.0 Å². The molecule has 0 radical (unpaired) electrons. The van der Waals surface area contributed by atoms with Gasteiger partial charge in [0.15, 0.2) is 0 Å². The van der Waals surface area contributed by atoms with Gasteiger partial charge < -0.3 is 47.9 Å². The highest BCUT2D eigenvalue weighted by molar-refractivity contribution is 5.70. The van der Waals surface area contributed by atoms with Crippen LogP contribution in [0.2, 0.25) is 0 Å². The second kappa shape index (κ2) is 21.3. The van der Waals surface area contributed by atoms with Crippen LogP contribution >= 0.6 is 0 Å². The van der Waals surface area contributed by atoms with Crippen LogP contribution in [0, 0.1) is 0 Å². The van der Waals surface area contributed by atoms with Crippen molar-refractivity contribution in [1.29, 1.82) is 0 Å². The Bertz CT molecular complexity index is 1200. The van der Waals surface area contributed by atoms with Gasteiger partial charge in [-0.2, -0.15) is 0 Å². The maximum atomic E-state index is 12.5. The highest BCUT2D eigenvalue weighted by Gasteiger charge is 2.43. The van der Waals surface area contributed by atoms with Crippen LogP contribution in [0.15, 0.2) is 30.3 Å². The van der Waals surface area contributed by atoms with Crippen LogP contribution in [0.3, 0.4) is 0 Å². The third-order valence-electron chi connectivity index (χ3n) is 6.67. The van der Waals surface area contributed by atoms with Crippen LogP contribution in [0.1, 0.15) is 87.1 Å². The minimum absolute atomic E-state index is 0.00408. The molecule has 1 aromatic rings. The van der Waals surface area contributed by atoms with E-state index in [0.717, 1.165) is 5.56 Å². The molecule has 1 heterocycles. The first kappa shape index (κ1) is 43.9. The molecule has 1 aliphatic rings. The Morgan fingerprint density at radius 1 is 0.686 bits per heavy atom. The van der Waals surface area contributed by atoms with E-state index in [0.29, 0.717) is 0 Å². The second-order valence-electron chi connectivity index (χ2n) is 15.0. The molecule has 14 nitrogen and oxygen atoms in total. The standard InChI is InChI=1S/C37H59NO13/c1-35(2,3)49-29(39)15-19-44-28-25-47-27(24-43-22-18-38-34(42)48-23-26-13-11-10-12-14-26)32(45-20-16-30(40)50-36(4,5)6)33(28)46-21-17-31(41)51-37(7,8)9/h10-14,27-28,32-33H,15-25H2,1-9H3,(H,38,42)/t27-,28+,32-,33-/m1/s1. The third-order valence-corrected chi connectivity index (χ3v) is 6.67. The van der Waals surface area contributed by atoms with Crippen molar-refractivity contribution in [2.24, 2.45) is 0 Å². The molecule has 1 aliphatic heterocycles. The van der Waals surface area contributed by atoms with E-state index in [1.165, 1.54) is 0 Å². The quantitative estimate of drug-likeness (QED) is 0.119. The average molecular weight is 726 g/mol. The summed E-state index contributed by atoms with van der Waals surface area (Å²) >= 11 is 0. The number of carbonyl (C=O) groups is 4. The van der Waals surface area contributed by atoms with Crippen molar-refractivity contribution in [1.82, 2.24) is 5.32 Å². The van der Waals surface area contributed by atoms with Crippen molar-refractivity contribution >= 4 is 24.0 Å². The van der Waals surface area contributed by atoms with Gasteiger partial charge in [-0.1, -0.05) is 30.3 Å². The van der Waals surface area contributed by atoms with Gasteiger partial charge in [-0.15, -0.1) is 0 Å². The number of alkyl carbamates (subject to hydrolysis) is 1. The average Bonchev–Trinajstić information content (AvgIpc) is 2.99. The minimum Gasteiger partial charge on any atom is -0.460 e. The molecule has 14 heteroatoms. The molecule has 1 saturated heterocycles. The molecule has 0 aliphatic carbocycles. The summed E-state index contributed by atoms with van der Waals surface area (Å²) in [5.74, 6) is -1.30. The lowest BCUT2D eigenvalue weighted by Gasteiger charge is -2.42. The molecule has 0 saturated carbocycles. The molecule has 1 amide bonds. The highest BCUT2D eigenvalue weighted by Crippen LogP contribution is 2.25. The number of rotatable bonds is 19. The number of nitrogens with one attached hydrogen (secondary N) is 1. The molecule has 0 bridgehead atoms. The molecular weight excluding hydrogens is 666 g/mol. The van der Waals surface area contributed by atoms with E-state index in [-0.39, 0.29) is 72.1 Å². The maximum absolute atomic E-state index is 12.5. The largest absolute Gasteiger partial charge is 0.460 e. The number of benzene rings is 1. The normalized spacial score (nSPS) is 19.5. The third kappa shape index (κ3) is 20.4. The number of carbonyl (C=O) groups excluding carboxylic acids is 4. The lowest BCUT2D eigenvalue weighted by Crippen LogP contribution is -2.58. The summed E-state index contributed by atoms with van der Waals surface area (Å²) < 4.78 is 52.0. The first-order valence-electron chi connectivity index (χ1n) is 17.5. The number of hydrogen-bond donors (Lipinski definition) is 1. The molecule has 1 aromatic carbocycles. The number of ether oxygens (including phenoxy) is 9. The van der Waals surface area contributed by atoms with Gasteiger partial charge in [-0.3, -0.25) is 14.4 Å². The minimum atomic E-state index is -0.810. The van der Waals surface area contributed by atoms with Gasteiger partial charge in [0, 0.05) is 6.54 Å². The van der Waals surface area contributed by atoms with E-state index in [4.69, 9.17) is 42.6 Å². The lowest BCUT2D eigenvalue weighted by molar-refractivity contribution is -0.240. The van der Waals surface area contributed by atoms with Gasteiger partial charge in [0.2, 0.25) is 0 Å². The predicted octanol–water partition coefficient (Wildman–Crippen LogP) is 4.68. The Morgan fingerprint density at radius 2 is 1.18 bits per heavy atom. The van der Waals surface area contributed by atoms with E-state index in [2.05, 4.69) is 5.32 Å². The van der Waals surface area contributed by atoms with Crippen LogP contribution in [0.5, 0.6) is 0 Å². The van der Waals surface area contributed by atoms with Crippen molar-refractivity contribution < 1.29 is 61.8 Å². The van der Waals surface area contributed by atoms with Crippen LogP contribution in [-0.2, 0) is 63.6 Å². The van der Waals surface area contributed by atoms with Crippen molar-refractivity contribution in [2.75, 3.05) is 46.2 Å². The Morgan fingerprint density at radius 3 is 1.69 bits per heavy atom. The second-order valence-corrected chi connectivity index (χ2v) is 15.0. The molecule has 1 fully saturated rings. The number of esters is 3. The van der Waals surface area contributed by atoms with E-state index in [1.807, 2.05) is 30.3 Å². The molecule has 290 valence electrons. The summed E-state index contributed by atoms with van der Waals surface area (Å²) in [4.78, 5) is 49.4. The molecule has 0 aromatic heterocycles. The zero-order valence-electron chi connectivity index (χ0n) is 31.8. The van der Waals surface area contributed by atoms with Gasteiger partial charge in [0.1, 0.15) is 47.8 Å². The monoisotopic (exact) mass is 725 g/mol. The van der Waals surface area contributed by atoms with Gasteiger partial charge in [0.25, 0.3) is 0 Å². The molecule has 1 N–H and O–H groups in total. The predicted molar refractivity (Wildman–Crippen MR) is 186 cm³/mol. The van der Waals surface area contributed by atoms with Crippen LogP contribution < -0.4 is 5.32 Å². The van der Waals surface area contributed by atoms with Gasteiger partial charge in [-0.25, -0.2) is 4.79 Å². The van der Waals surface area contributed by atoms with E-state index in [1.54, 1.807) is 62.3 Å². The van der Waals surface area contributed by atoms with Crippen molar-refractivity contribution in [2.45, 2.75) is 129 Å². The fourth-order valence-corrected chi connectivity index (χ4v) is 4.75. The van der Waals surface area contributed by atoms with Crippen molar-refractivity contribution in [3.05, 3.63) is 35.9 Å². The Kier molecular flexibility index (Phi) is 18.3. The Labute approximate surface area is 302 Å². The fourth-order valence-electron chi connectivity index (χ4n) is 4.75. The zero-order chi connectivity index (χ0) is 38.1. The maximum Gasteiger partial charge on any atom is 0.407 e. The summed E-state index contributed by atoms with van der Waals surface area (Å²) in [6, 6.07) is 9.32. The SMILES string of the molecule is CC(C)(C)OC(=O)CCO[C@H]1[C@H](OCCC(=O)OC(C)(C)C)[C@@H](COCCNC(=O)OCc2ccccc2)OC[C@@H]1OCCC(=O)OC(C)(C)C. The van der Waals surface area contributed by atoms with E-state index in [9.17, 15) is 19.2 Å². The first-order chi connectivity index (χ1) is 23.8. The van der Waals surface area contributed by atoms with Gasteiger partial charge in [-0.05, 0) is 67.9 Å². The summed E-state index contributed by atoms with van der Waals surface area (Å²) in [6.07, 6.45) is -3.61. The zero-order valence-corrected chi connectivity index (χ0v) is 31.8. The first-order valence-corrected chi connectivity index (χ1v) is 17.5. The highest BCUT2D eigenvalue weighted by atomic mass is 16.6. The Hall–Kier alpha value is -3.30. The number of amides is 1. The van der Waals surface area contributed by atoms with Crippen molar-refractivity contribution in [3.8, 4) is 0 Å². The summed E-state index contributed by atoms with van der Waals surface area (Å²) in [6.45, 7) is 16.6.